The number of alkyl halides is 21. The van der Waals surface area contributed by atoms with Crippen molar-refractivity contribution < 1.29 is 115 Å². The van der Waals surface area contributed by atoms with E-state index in [0.29, 0.717) is 6.04 Å². The summed E-state index contributed by atoms with van der Waals surface area (Å²) in [6.07, 6.45) is -13.1. The first-order chi connectivity index (χ1) is 22.4. The predicted molar refractivity (Wildman–Crippen MR) is 138 cm³/mol. The molecule has 0 fully saturated rings. The summed E-state index contributed by atoms with van der Waals surface area (Å²) in [7, 11) is -4.30. The van der Waals surface area contributed by atoms with Crippen molar-refractivity contribution in [2.24, 2.45) is 0 Å². The second-order valence-corrected chi connectivity index (χ2v) is 21.4. The second kappa shape index (κ2) is 14.7. The molecule has 0 aliphatic rings. The van der Waals surface area contributed by atoms with Gasteiger partial charge in [0.25, 0.3) is 0 Å². The average molecular weight is 851 g/mol. The number of hydrogen-bond acceptors (Lipinski definition) is 5. The van der Waals surface area contributed by atoms with E-state index in [1.54, 1.807) is 13.1 Å². The Kier molecular flexibility index (Phi) is 14.0. The maximum absolute atomic E-state index is 14.0. The van der Waals surface area contributed by atoms with E-state index in [4.69, 9.17) is 4.12 Å². The van der Waals surface area contributed by atoms with Crippen molar-refractivity contribution in [3.63, 3.8) is 0 Å². The summed E-state index contributed by atoms with van der Waals surface area (Å²) in [5.74, 6) is -83.5. The summed E-state index contributed by atoms with van der Waals surface area (Å²) in [6, 6.07) is 0.350. The third-order valence-electron chi connectivity index (χ3n) is 6.38. The number of halogens is 21. The topological polar surface area (TPSA) is 61.8 Å². The monoisotopic (exact) mass is 850 g/mol. The van der Waals surface area contributed by atoms with Gasteiger partial charge in [0.05, 0.1) is 6.61 Å². The van der Waals surface area contributed by atoms with Gasteiger partial charge in [-0.15, -0.1) is 0 Å². The molecule has 0 rings (SSSR count). The predicted octanol–water partition coefficient (Wildman–Crippen LogP) is 9.74. The largest absolute Gasteiger partial charge is 0.473 e. The molecule has 0 saturated heterocycles. The van der Waals surface area contributed by atoms with Crippen molar-refractivity contribution in [1.82, 2.24) is 0 Å². The Bertz CT molecular complexity index is 1310. The number of hydrogen-bond donors (Lipinski definition) is 0. The van der Waals surface area contributed by atoms with Crippen molar-refractivity contribution in [2.75, 3.05) is 6.61 Å². The summed E-state index contributed by atoms with van der Waals surface area (Å²) in [6.45, 7) is 7.83. The molecular weight excluding hydrogens is 823 g/mol. The van der Waals surface area contributed by atoms with Gasteiger partial charge in [-0.25, -0.2) is 14.0 Å². The molecule has 52 heavy (non-hydrogen) atoms. The molecule has 0 aliphatic heterocycles. The van der Waals surface area contributed by atoms with Crippen LogP contribution in [0.3, 0.4) is 0 Å². The van der Waals surface area contributed by atoms with Crippen molar-refractivity contribution in [2.45, 2.75) is 118 Å². The van der Waals surface area contributed by atoms with Crippen LogP contribution in [0.25, 0.3) is 0 Å². The molecule has 0 aromatic carbocycles. The van der Waals surface area contributed by atoms with Crippen molar-refractivity contribution >= 4 is 28.6 Å². The average Bonchev–Trinajstić information content (AvgIpc) is 2.91. The number of esters is 2. The van der Waals surface area contributed by atoms with E-state index >= 15 is 0 Å². The quantitative estimate of drug-likeness (QED) is 0.0426. The molecule has 0 radical (unpaired) electrons. The minimum Gasteiger partial charge on any atom is -0.463 e. The molecule has 1 unspecified atom stereocenters. The van der Waals surface area contributed by atoms with Gasteiger partial charge < -0.3 is 13.6 Å². The summed E-state index contributed by atoms with van der Waals surface area (Å²) in [5, 5.41) is 0. The van der Waals surface area contributed by atoms with Gasteiger partial charge >= 0.3 is 71.3 Å². The highest BCUT2D eigenvalue weighted by Gasteiger charge is 2.98. The van der Waals surface area contributed by atoms with Gasteiger partial charge in [-0.05, 0) is 52.1 Å². The Morgan fingerprint density at radius 1 is 0.558 bits per heavy atom. The molecule has 0 aliphatic carbocycles. The molecule has 0 N–H and O–H groups in total. The Hall–Kier alpha value is -2.40. The minimum atomic E-state index is -9.31. The van der Waals surface area contributed by atoms with E-state index in [2.05, 4.69) is 9.47 Å². The van der Waals surface area contributed by atoms with Crippen molar-refractivity contribution in [3.05, 3.63) is 12.2 Å². The second-order valence-electron chi connectivity index (χ2n) is 12.4. The van der Waals surface area contributed by atoms with Gasteiger partial charge in [0.1, 0.15) is 0 Å². The zero-order valence-corrected chi connectivity index (χ0v) is 28.8. The van der Waals surface area contributed by atoms with Gasteiger partial charge in [-0.2, -0.15) is 87.8 Å². The van der Waals surface area contributed by atoms with Gasteiger partial charge in [0.2, 0.25) is 0 Å². The number of ether oxygens (including phenoxy) is 2. The van der Waals surface area contributed by atoms with E-state index < -0.39 is 114 Å². The smallest absolute Gasteiger partial charge is 0.463 e. The molecular formula is C24H27F21O5Si2. The lowest BCUT2D eigenvalue weighted by Gasteiger charge is -2.44. The fraction of sp³-hybridized carbons (Fsp3) is 0.833. The third kappa shape index (κ3) is 8.77. The van der Waals surface area contributed by atoms with Crippen molar-refractivity contribution in [1.29, 1.82) is 0 Å². The first-order valence-corrected chi connectivity index (χ1v) is 20.1. The van der Waals surface area contributed by atoms with E-state index in [9.17, 15) is 102 Å². The van der Waals surface area contributed by atoms with Gasteiger partial charge in [-0.1, -0.05) is 0 Å². The molecule has 0 amide bonds. The lowest BCUT2D eigenvalue weighted by atomic mass is 9.85. The molecule has 0 spiro atoms. The van der Waals surface area contributed by atoms with Gasteiger partial charge in [0, 0.05) is 12.2 Å². The molecule has 0 aromatic heterocycles. The maximum Gasteiger partial charge on any atom is 0.473 e. The SMILES string of the molecule is CC(F)C(F)(F)C(F)(F)C(F)(F)C(F)(F)C(F)(F)C(F)(F)C(F)(F)C(F)(F)C(F)(F)C(F)(F)OC(=O)C=CC(=O)OCCC[Si](C)(C)O[Si](C)(C)C. The highest BCUT2D eigenvalue weighted by atomic mass is 28.4. The Morgan fingerprint density at radius 2 is 0.885 bits per heavy atom. The number of carbonyl (C=O) groups excluding carboxylic acids is 2. The van der Waals surface area contributed by atoms with Crippen LogP contribution in [0.4, 0.5) is 92.2 Å². The summed E-state index contributed by atoms with van der Waals surface area (Å²) in [4.78, 5) is 23.0. The van der Waals surface area contributed by atoms with Gasteiger partial charge in [0.15, 0.2) is 22.8 Å². The normalized spacial score (nSPS) is 16.3. The van der Waals surface area contributed by atoms with Crippen LogP contribution in [0, 0.1) is 0 Å². The lowest BCUT2D eigenvalue weighted by Crippen LogP contribution is -2.77. The van der Waals surface area contributed by atoms with Crippen LogP contribution < -0.4 is 0 Å². The van der Waals surface area contributed by atoms with E-state index in [-0.39, 0.29) is 12.5 Å². The third-order valence-corrected chi connectivity index (χ3v) is 12.6. The van der Waals surface area contributed by atoms with Crippen LogP contribution in [0.1, 0.15) is 13.3 Å². The van der Waals surface area contributed by atoms with Crippen LogP contribution in [-0.2, 0) is 23.2 Å². The summed E-state index contributed by atoms with van der Waals surface area (Å²) >= 11 is 0. The Labute approximate surface area is 281 Å². The fourth-order valence-electron chi connectivity index (χ4n) is 3.78. The zero-order chi connectivity index (χ0) is 42.4. The standard InChI is InChI=1S/C24H27F21O5Si2/c1-12(25)15(26,27)16(28,29)17(30,31)18(32,33)19(34,35)20(36,37)21(38,39)22(40,41)23(42,43)24(44,45)49-14(47)9-8-13(46)48-10-7-11-52(5,6)50-51(2,3)4/h8-9,12H,7,10-11H2,1-6H3. The van der Waals surface area contributed by atoms with Crippen LogP contribution in [0.5, 0.6) is 0 Å². The zero-order valence-electron chi connectivity index (χ0n) is 26.8. The highest BCUT2D eigenvalue weighted by Crippen LogP contribution is 2.66. The number of carbonyl (C=O) groups is 2. The molecule has 0 bridgehead atoms. The van der Waals surface area contributed by atoms with Crippen LogP contribution in [-0.4, -0.2) is 101 Å². The molecule has 0 saturated carbocycles. The first kappa shape index (κ1) is 49.6. The van der Waals surface area contributed by atoms with Crippen LogP contribution in [0.2, 0.25) is 38.8 Å². The fourth-order valence-corrected chi connectivity index (χ4v) is 11.8. The van der Waals surface area contributed by atoms with Crippen LogP contribution >= 0.6 is 0 Å². The lowest BCUT2D eigenvalue weighted by molar-refractivity contribution is -0.479. The minimum absolute atomic E-state index is 0.0836. The summed E-state index contributed by atoms with van der Waals surface area (Å²) < 4.78 is 301. The first-order valence-electron chi connectivity index (χ1n) is 13.6. The Balaban J connectivity index is 6.32. The van der Waals surface area contributed by atoms with E-state index in [0.717, 1.165) is 0 Å². The van der Waals surface area contributed by atoms with E-state index in [1.165, 1.54) is 0 Å². The molecule has 28 heteroatoms. The number of rotatable bonds is 19. The Morgan fingerprint density at radius 3 is 1.23 bits per heavy atom. The highest BCUT2D eigenvalue weighted by molar-refractivity contribution is 6.84. The van der Waals surface area contributed by atoms with E-state index in [1.807, 2.05) is 19.6 Å². The van der Waals surface area contributed by atoms with Crippen LogP contribution in [0.15, 0.2) is 12.2 Å². The van der Waals surface area contributed by atoms with Gasteiger partial charge in [-0.3, -0.25) is 0 Å². The van der Waals surface area contributed by atoms with Crippen molar-refractivity contribution in [3.8, 4) is 0 Å². The molecule has 5 nitrogen and oxygen atoms in total. The maximum atomic E-state index is 14.0. The molecule has 1 atom stereocenters. The molecule has 0 aromatic rings. The summed E-state index contributed by atoms with van der Waals surface area (Å²) in [5.41, 5.74) is 0. The molecule has 308 valence electrons. The molecule has 0 heterocycles.